The van der Waals surface area contributed by atoms with Crippen molar-refractivity contribution < 1.29 is 39.1 Å². The van der Waals surface area contributed by atoms with Gasteiger partial charge in [0.05, 0.1) is 41.6 Å². The van der Waals surface area contributed by atoms with E-state index in [-0.39, 0.29) is 77.4 Å². The van der Waals surface area contributed by atoms with Crippen LogP contribution in [0.4, 0.5) is 0 Å². The SMILES string of the molecule is CC(=O)OC1CC(c2cc(O)c(O)c(OCCc3cccnc3)c2)OC2C3Cc4ccc(O)c(c4)OC4CCCC5(NC(=NCCCC6=CCNC(N)=C6)NC6C5CCc5c7cc[nH]c7cn56)C4C#CC3CCC12. The van der Waals surface area contributed by atoms with Gasteiger partial charge in [-0.2, -0.15) is 0 Å². The van der Waals surface area contributed by atoms with Crippen molar-refractivity contribution >= 4 is 22.8 Å². The van der Waals surface area contributed by atoms with Gasteiger partial charge >= 0.3 is 5.97 Å². The molecule has 2 bridgehead atoms. The minimum absolute atomic E-state index is 0.0791. The van der Waals surface area contributed by atoms with E-state index < -0.39 is 23.9 Å². The van der Waals surface area contributed by atoms with Gasteiger partial charge in [-0.05, 0) is 129 Å². The van der Waals surface area contributed by atoms with E-state index in [2.05, 4.69) is 60.7 Å². The number of carbonyl (C=O) groups excluding carboxylic acids is 1. The first-order valence-corrected chi connectivity index (χ1v) is 26.6. The second-order valence-corrected chi connectivity index (χ2v) is 21.4. The lowest BCUT2D eigenvalue weighted by molar-refractivity contribution is -0.196. The highest BCUT2D eigenvalue weighted by molar-refractivity contribution is 5.85. The van der Waals surface area contributed by atoms with Gasteiger partial charge in [-0.15, -0.1) is 0 Å². The van der Waals surface area contributed by atoms with Gasteiger partial charge in [0.2, 0.25) is 5.75 Å². The Hall–Kier alpha value is -7.25. The highest BCUT2D eigenvalue weighted by Crippen LogP contribution is 2.53. The van der Waals surface area contributed by atoms with Gasteiger partial charge < -0.3 is 65.5 Å². The zero-order valence-electron chi connectivity index (χ0n) is 41.8. The molecule has 16 nitrogen and oxygen atoms in total. The van der Waals surface area contributed by atoms with Crippen LogP contribution in [0.2, 0.25) is 0 Å². The number of fused-ring (bicyclic) bond motifs is 13. The highest BCUT2D eigenvalue weighted by Gasteiger charge is 2.58. The second-order valence-electron chi connectivity index (χ2n) is 21.4. The van der Waals surface area contributed by atoms with Crippen molar-refractivity contribution in [3.63, 3.8) is 0 Å². The van der Waals surface area contributed by atoms with Gasteiger partial charge in [-0.25, -0.2) is 0 Å². The van der Waals surface area contributed by atoms with Gasteiger partial charge in [0.15, 0.2) is 29.0 Å². The number of nitrogens with two attached hydrogens (primary N) is 1. The van der Waals surface area contributed by atoms with Crippen molar-refractivity contribution in [1.29, 1.82) is 0 Å². The molecule has 4 fully saturated rings. The monoisotopic (exact) mass is 1000 g/mol. The van der Waals surface area contributed by atoms with E-state index in [9.17, 15) is 20.1 Å². The molecule has 9 N–H and O–H groups in total. The average Bonchev–Trinajstić information content (AvgIpc) is 4.01. The first kappa shape index (κ1) is 47.7. The average molecular weight is 1000 g/mol. The lowest BCUT2D eigenvalue weighted by atomic mass is 9.60. The molecule has 74 heavy (non-hydrogen) atoms. The van der Waals surface area contributed by atoms with Crippen LogP contribution in [0.3, 0.4) is 0 Å². The molecular weight excluding hydrogens is 937 g/mol. The molecule has 1 spiro atoms. The number of rotatable bonds is 10. The number of aryl methyl sites for hydroxylation is 1. The largest absolute Gasteiger partial charge is 0.504 e. The Bertz CT molecular complexity index is 3080. The minimum atomic E-state index is -0.612. The van der Waals surface area contributed by atoms with Crippen molar-refractivity contribution in [3.8, 4) is 40.6 Å². The fraction of sp³-hybridized carbons (Fsp3) is 0.466. The molecule has 5 aliphatic heterocycles. The van der Waals surface area contributed by atoms with Crippen molar-refractivity contribution in [2.75, 3.05) is 19.7 Å². The molecule has 2 aliphatic carbocycles. The van der Waals surface area contributed by atoms with E-state index >= 15 is 0 Å². The minimum Gasteiger partial charge on any atom is -0.504 e. The van der Waals surface area contributed by atoms with Crippen molar-refractivity contribution in [1.82, 2.24) is 30.5 Å². The third kappa shape index (κ3) is 9.13. The van der Waals surface area contributed by atoms with E-state index in [0.29, 0.717) is 42.9 Å². The molecule has 11 atom stereocenters. The number of allylic oxidation sites excluding steroid dienone is 2. The van der Waals surface area contributed by atoms with Gasteiger partial charge in [0.1, 0.15) is 18.4 Å². The summed E-state index contributed by atoms with van der Waals surface area (Å²) in [5.74, 6) is 8.40. The summed E-state index contributed by atoms with van der Waals surface area (Å²) in [5.41, 5.74) is 11.8. The summed E-state index contributed by atoms with van der Waals surface area (Å²) >= 11 is 0. The first-order chi connectivity index (χ1) is 36.1. The number of hydrogen-bond acceptors (Lipinski definition) is 12. The standard InChI is InChI=1S/C58H66N8O8/c1-33(67)72-50-30-49(38-28-47(69)54(70)52(29-38)71-24-18-35-6-3-20-60-31-35)74-55-40(50)11-9-37-10-12-42-48(73-51-26-36(25-41(37)55)8-15-46(51)68)7-2-19-58(42)43-13-14-45-39-17-23-61-44(39)32-66(45)56(43)64-57(65-58)63-21-4-5-34-16-22-62-53(59)27-34/h3,6,8,15-17,20,23,26-29,31-32,37,40-43,48-50,55-56,61-62,68-70H,2,4-5,7,9,11,13-14,18-19,21-22,24-25,30,59H2,1H3,(H2,63,64,65). The summed E-state index contributed by atoms with van der Waals surface area (Å²) in [6.07, 6.45) is 19.1. The van der Waals surface area contributed by atoms with Crippen molar-refractivity contribution in [2.45, 2.75) is 120 Å². The molecule has 0 radical (unpaired) electrons. The fourth-order valence-corrected chi connectivity index (χ4v) is 13.6. The summed E-state index contributed by atoms with van der Waals surface area (Å²) in [4.78, 5) is 25.8. The molecule has 16 heteroatoms. The predicted molar refractivity (Wildman–Crippen MR) is 278 cm³/mol. The Morgan fingerprint density at radius 1 is 1.05 bits per heavy atom. The maximum absolute atomic E-state index is 12.9. The number of benzene rings is 2. The van der Waals surface area contributed by atoms with E-state index in [4.69, 9.17) is 29.7 Å². The summed E-state index contributed by atoms with van der Waals surface area (Å²) in [6.45, 7) is 3.03. The van der Waals surface area contributed by atoms with Crippen LogP contribution in [-0.4, -0.2) is 85.3 Å². The van der Waals surface area contributed by atoms with E-state index in [1.807, 2.05) is 36.5 Å². The van der Waals surface area contributed by atoms with E-state index in [1.54, 1.807) is 24.5 Å². The topological polar surface area (TPSA) is 223 Å². The third-order valence-electron chi connectivity index (χ3n) is 17.0. The lowest BCUT2D eigenvalue weighted by Crippen LogP contribution is -2.72. The van der Waals surface area contributed by atoms with Crippen molar-refractivity contribution in [2.24, 2.45) is 40.3 Å². The van der Waals surface area contributed by atoms with Crippen LogP contribution in [-0.2, 0) is 33.5 Å². The van der Waals surface area contributed by atoms with E-state index in [0.717, 1.165) is 86.9 Å². The molecule has 2 saturated carbocycles. The number of hydrogen-bond donors (Lipinski definition) is 8. The molecular formula is C58H66N8O8. The number of nitrogens with zero attached hydrogens (tertiary/aromatic N) is 3. The zero-order chi connectivity index (χ0) is 50.5. The molecule has 7 aliphatic rings. The number of dihydropyridines is 1. The molecule has 2 saturated heterocycles. The second kappa shape index (κ2) is 19.9. The number of nitrogens with one attached hydrogen (secondary N) is 4. The molecule has 2 aromatic carbocycles. The number of carbonyl (C=O) groups is 1. The van der Waals surface area contributed by atoms with Crippen LogP contribution in [0.1, 0.15) is 99.4 Å². The zero-order valence-corrected chi connectivity index (χ0v) is 41.8. The van der Waals surface area contributed by atoms with Crippen LogP contribution < -0.4 is 31.2 Å². The number of aromatic amines is 1. The van der Waals surface area contributed by atoms with Gasteiger partial charge in [-0.3, -0.25) is 14.8 Å². The molecule has 386 valence electrons. The number of esters is 1. The molecule has 8 heterocycles. The third-order valence-corrected chi connectivity index (χ3v) is 17.0. The summed E-state index contributed by atoms with van der Waals surface area (Å²) in [7, 11) is 0. The summed E-state index contributed by atoms with van der Waals surface area (Å²) in [5, 5.41) is 46.1. The summed E-state index contributed by atoms with van der Waals surface area (Å²) < 4.78 is 29.1. The lowest BCUT2D eigenvalue weighted by Gasteiger charge is -2.57. The Balaban J connectivity index is 0.900. The summed E-state index contributed by atoms with van der Waals surface area (Å²) in [6, 6.07) is 14.9. The highest BCUT2D eigenvalue weighted by atomic mass is 16.6. The Morgan fingerprint density at radius 3 is 2.84 bits per heavy atom. The van der Waals surface area contributed by atoms with Crippen LogP contribution in [0.5, 0.6) is 28.7 Å². The number of guanidine groups is 1. The normalized spacial score (nSPS) is 30.3. The first-order valence-electron chi connectivity index (χ1n) is 26.6. The molecule has 5 aromatic rings. The maximum Gasteiger partial charge on any atom is 0.302 e. The number of pyridine rings is 1. The van der Waals surface area contributed by atoms with Gasteiger partial charge in [0.25, 0.3) is 0 Å². The fourth-order valence-electron chi connectivity index (χ4n) is 13.6. The van der Waals surface area contributed by atoms with E-state index in [1.165, 1.54) is 29.6 Å². The molecule has 12 rings (SSSR count). The predicted octanol–water partition coefficient (Wildman–Crippen LogP) is 7.47. The quantitative estimate of drug-likeness (QED) is 0.0295. The number of phenolic OH excluding ortho intramolecular Hbond substituents is 3. The van der Waals surface area contributed by atoms with Crippen LogP contribution >= 0.6 is 0 Å². The van der Waals surface area contributed by atoms with Gasteiger partial charge in [0, 0.05) is 92.4 Å². The smallest absolute Gasteiger partial charge is 0.302 e. The van der Waals surface area contributed by atoms with Crippen LogP contribution in [0, 0.1) is 41.4 Å². The van der Waals surface area contributed by atoms with Crippen LogP contribution in [0.25, 0.3) is 10.9 Å². The number of aromatic nitrogens is 3. The molecule has 3 aromatic heterocycles. The Morgan fingerprint density at radius 2 is 1.97 bits per heavy atom. The number of H-pyrrole nitrogens is 1. The van der Waals surface area contributed by atoms with Crippen molar-refractivity contribution in [3.05, 3.63) is 119 Å². The Kier molecular flexibility index (Phi) is 12.8. The van der Waals surface area contributed by atoms with Crippen LogP contribution in [0.15, 0.2) is 102 Å². The number of phenols is 3. The molecule has 11 unspecified atom stereocenters. The van der Waals surface area contributed by atoms with Gasteiger partial charge in [-0.1, -0.05) is 30.0 Å². The molecule has 0 amide bonds. The number of ether oxygens (including phenoxy) is 4. The number of aliphatic imine (C=N–C) groups is 1. The maximum atomic E-state index is 12.9. The Labute approximate surface area is 430 Å². The number of aromatic hydroxyl groups is 3.